The summed E-state index contributed by atoms with van der Waals surface area (Å²) >= 11 is 0. The number of pyridine rings is 1. The third-order valence-electron chi connectivity index (χ3n) is 3.16. The Bertz CT molecular complexity index is 784. The Hall–Kier alpha value is -3.35. The lowest BCUT2D eigenvalue weighted by Crippen LogP contribution is -2.19. The Morgan fingerprint density at radius 1 is 1.13 bits per heavy atom. The number of ether oxygens (including phenoxy) is 1. The van der Waals surface area contributed by atoms with Gasteiger partial charge in [0.1, 0.15) is 11.4 Å². The van der Waals surface area contributed by atoms with Crippen LogP contribution < -0.4 is 15.4 Å². The molecule has 2 amide bonds. The monoisotopic (exact) mass is 309 g/mol. The number of rotatable bonds is 4. The van der Waals surface area contributed by atoms with E-state index < -0.39 is 0 Å². The number of urea groups is 1. The van der Waals surface area contributed by atoms with E-state index in [1.165, 1.54) is 6.20 Å². The number of aromatic nitrogens is 3. The van der Waals surface area contributed by atoms with Gasteiger partial charge >= 0.3 is 6.03 Å². The van der Waals surface area contributed by atoms with Crippen molar-refractivity contribution in [2.45, 2.75) is 0 Å². The molecule has 116 valence electrons. The fraction of sp³-hybridized carbons (Fsp3) is 0.0625. The number of carbonyl (C=O) groups is 1. The van der Waals surface area contributed by atoms with Crippen LogP contribution in [0.25, 0.3) is 11.4 Å². The van der Waals surface area contributed by atoms with Gasteiger partial charge in [0.15, 0.2) is 0 Å². The van der Waals surface area contributed by atoms with Crippen LogP contribution >= 0.6 is 0 Å². The Labute approximate surface area is 132 Å². The molecule has 0 bridgehead atoms. The predicted octanol–water partition coefficient (Wildman–Crippen LogP) is 3.12. The molecule has 23 heavy (non-hydrogen) atoms. The number of H-pyrrole nitrogens is 1. The highest BCUT2D eigenvalue weighted by molar-refractivity contribution is 6.01. The summed E-state index contributed by atoms with van der Waals surface area (Å²) in [6.45, 7) is 0. The zero-order valence-electron chi connectivity index (χ0n) is 12.4. The molecule has 1 aromatic carbocycles. The van der Waals surface area contributed by atoms with Gasteiger partial charge in [-0.3, -0.25) is 10.1 Å². The highest BCUT2D eigenvalue weighted by Crippen LogP contribution is 2.23. The van der Waals surface area contributed by atoms with Crippen LogP contribution in [-0.4, -0.2) is 28.3 Å². The Morgan fingerprint density at radius 3 is 2.65 bits per heavy atom. The van der Waals surface area contributed by atoms with Crippen molar-refractivity contribution < 1.29 is 9.53 Å². The summed E-state index contributed by atoms with van der Waals surface area (Å²) in [4.78, 5) is 16.3. The topological polar surface area (TPSA) is 91.9 Å². The second-order valence-corrected chi connectivity index (χ2v) is 4.68. The fourth-order valence-corrected chi connectivity index (χ4v) is 2.05. The maximum absolute atomic E-state index is 12.1. The van der Waals surface area contributed by atoms with Crippen LogP contribution in [0.1, 0.15) is 0 Å². The van der Waals surface area contributed by atoms with E-state index in [9.17, 15) is 4.79 Å². The molecule has 0 atom stereocenters. The molecule has 3 aromatic rings. The standard InChI is InChI=1S/C16H15N5O2/c1-23-12-7-5-11(6-8-12)19-16(22)20-14-10-18-21-15(14)13-4-2-3-9-17-13/h2-10H,1H3,(H,18,21)(H2,19,20,22). The van der Waals surface area contributed by atoms with E-state index in [1.54, 1.807) is 37.6 Å². The molecule has 0 aliphatic rings. The van der Waals surface area contributed by atoms with Crippen LogP contribution in [-0.2, 0) is 0 Å². The van der Waals surface area contributed by atoms with E-state index in [2.05, 4.69) is 25.8 Å². The predicted molar refractivity (Wildman–Crippen MR) is 87.5 cm³/mol. The number of hydrogen-bond donors (Lipinski definition) is 3. The largest absolute Gasteiger partial charge is 0.497 e. The van der Waals surface area contributed by atoms with Crippen molar-refractivity contribution in [2.24, 2.45) is 0 Å². The zero-order chi connectivity index (χ0) is 16.1. The van der Waals surface area contributed by atoms with E-state index in [0.29, 0.717) is 22.8 Å². The third kappa shape index (κ3) is 3.46. The molecule has 0 unspecified atom stereocenters. The first-order valence-electron chi connectivity index (χ1n) is 6.93. The number of hydrogen-bond acceptors (Lipinski definition) is 4. The summed E-state index contributed by atoms with van der Waals surface area (Å²) in [5, 5.41) is 12.3. The molecule has 3 N–H and O–H groups in total. The number of nitrogens with one attached hydrogen (secondary N) is 3. The molecule has 0 radical (unpaired) electrons. The van der Waals surface area contributed by atoms with Gasteiger partial charge in [0.25, 0.3) is 0 Å². The van der Waals surface area contributed by atoms with Crippen molar-refractivity contribution in [1.29, 1.82) is 0 Å². The average molecular weight is 309 g/mol. The molecule has 2 aromatic heterocycles. The van der Waals surface area contributed by atoms with E-state index in [0.717, 1.165) is 5.75 Å². The molecule has 0 fully saturated rings. The van der Waals surface area contributed by atoms with E-state index in [-0.39, 0.29) is 6.03 Å². The molecule has 0 saturated heterocycles. The molecule has 7 nitrogen and oxygen atoms in total. The first-order chi connectivity index (χ1) is 11.3. The molecular weight excluding hydrogens is 294 g/mol. The summed E-state index contributed by atoms with van der Waals surface area (Å²) in [7, 11) is 1.59. The maximum Gasteiger partial charge on any atom is 0.323 e. The molecule has 0 saturated carbocycles. The average Bonchev–Trinajstić information content (AvgIpc) is 3.04. The number of methoxy groups -OCH3 is 1. The SMILES string of the molecule is COc1ccc(NC(=O)Nc2cn[nH]c2-c2ccccn2)cc1. The van der Waals surface area contributed by atoms with Crippen molar-refractivity contribution in [2.75, 3.05) is 17.7 Å². The highest BCUT2D eigenvalue weighted by Gasteiger charge is 2.11. The van der Waals surface area contributed by atoms with Gasteiger partial charge in [0.05, 0.1) is 24.7 Å². The lowest BCUT2D eigenvalue weighted by molar-refractivity contribution is 0.262. The summed E-state index contributed by atoms with van der Waals surface area (Å²) in [6.07, 6.45) is 3.22. The second-order valence-electron chi connectivity index (χ2n) is 4.68. The van der Waals surface area contributed by atoms with Crippen molar-refractivity contribution in [3.8, 4) is 17.1 Å². The molecular formula is C16H15N5O2. The lowest BCUT2D eigenvalue weighted by Gasteiger charge is -2.08. The lowest BCUT2D eigenvalue weighted by atomic mass is 10.2. The minimum Gasteiger partial charge on any atom is -0.497 e. The normalized spacial score (nSPS) is 10.1. The summed E-state index contributed by atoms with van der Waals surface area (Å²) in [5.41, 5.74) is 2.56. The van der Waals surface area contributed by atoms with Crippen LogP contribution in [0.3, 0.4) is 0 Å². The van der Waals surface area contributed by atoms with E-state index >= 15 is 0 Å². The number of anilines is 2. The van der Waals surface area contributed by atoms with Gasteiger partial charge in [-0.2, -0.15) is 5.10 Å². The molecule has 0 aliphatic heterocycles. The van der Waals surface area contributed by atoms with Gasteiger partial charge in [0, 0.05) is 11.9 Å². The van der Waals surface area contributed by atoms with Crippen LogP contribution in [0.15, 0.2) is 54.9 Å². The van der Waals surface area contributed by atoms with Gasteiger partial charge < -0.3 is 15.4 Å². The van der Waals surface area contributed by atoms with Crippen molar-refractivity contribution in [3.05, 3.63) is 54.9 Å². The minimum absolute atomic E-state index is 0.367. The third-order valence-corrected chi connectivity index (χ3v) is 3.16. The number of nitrogens with zero attached hydrogens (tertiary/aromatic N) is 2. The highest BCUT2D eigenvalue weighted by atomic mass is 16.5. The van der Waals surface area contributed by atoms with E-state index in [1.807, 2.05) is 18.2 Å². The summed E-state index contributed by atoms with van der Waals surface area (Å²) < 4.78 is 5.08. The fourth-order valence-electron chi connectivity index (χ4n) is 2.05. The molecule has 7 heteroatoms. The second kappa shape index (κ2) is 6.61. The molecule has 0 spiro atoms. The molecule has 0 aliphatic carbocycles. The van der Waals surface area contributed by atoms with Gasteiger partial charge in [-0.15, -0.1) is 0 Å². The summed E-state index contributed by atoms with van der Waals surface area (Å²) in [6, 6.07) is 12.2. The van der Waals surface area contributed by atoms with Crippen molar-refractivity contribution in [1.82, 2.24) is 15.2 Å². The van der Waals surface area contributed by atoms with E-state index in [4.69, 9.17) is 4.74 Å². The Kier molecular flexibility index (Phi) is 4.19. The van der Waals surface area contributed by atoms with Gasteiger partial charge in [0.2, 0.25) is 0 Å². The van der Waals surface area contributed by atoms with Gasteiger partial charge in [-0.05, 0) is 36.4 Å². The van der Waals surface area contributed by atoms with Crippen LogP contribution in [0.4, 0.5) is 16.2 Å². The van der Waals surface area contributed by atoms with Crippen molar-refractivity contribution in [3.63, 3.8) is 0 Å². The minimum atomic E-state index is -0.367. The number of aromatic amines is 1. The number of carbonyl (C=O) groups excluding carboxylic acids is 1. The Morgan fingerprint density at radius 2 is 1.96 bits per heavy atom. The molecule has 2 heterocycles. The number of benzene rings is 1. The summed E-state index contributed by atoms with van der Waals surface area (Å²) in [5.74, 6) is 0.725. The number of amides is 2. The maximum atomic E-state index is 12.1. The van der Waals surface area contributed by atoms with Gasteiger partial charge in [-0.25, -0.2) is 4.79 Å². The van der Waals surface area contributed by atoms with Gasteiger partial charge in [-0.1, -0.05) is 6.07 Å². The van der Waals surface area contributed by atoms with Crippen LogP contribution in [0, 0.1) is 0 Å². The first-order valence-corrected chi connectivity index (χ1v) is 6.93. The quantitative estimate of drug-likeness (QED) is 0.690. The van der Waals surface area contributed by atoms with Crippen LogP contribution in [0.5, 0.6) is 5.75 Å². The zero-order valence-corrected chi connectivity index (χ0v) is 12.4. The van der Waals surface area contributed by atoms with Crippen molar-refractivity contribution >= 4 is 17.4 Å². The Balaban J connectivity index is 1.70. The first kappa shape index (κ1) is 14.6. The molecule has 3 rings (SSSR count). The van der Waals surface area contributed by atoms with Crippen LogP contribution in [0.2, 0.25) is 0 Å². The smallest absolute Gasteiger partial charge is 0.323 e.